The van der Waals surface area contributed by atoms with Crippen LogP contribution in [0.3, 0.4) is 0 Å². The highest BCUT2D eigenvalue weighted by Gasteiger charge is 2.24. The molecular weight excluding hydrogens is 366 g/mol. The maximum Gasteiger partial charge on any atom is 0.409 e. The number of carbonyl (C=O) groups is 3. The summed E-state index contributed by atoms with van der Waals surface area (Å²) in [4.78, 5) is 37.1. The number of hydrogen-bond donors (Lipinski definition) is 2. The van der Waals surface area contributed by atoms with Crippen molar-refractivity contribution < 1.29 is 28.6 Å². The fourth-order valence-corrected chi connectivity index (χ4v) is 2.75. The number of nitrogens with one attached hydrogen (secondary N) is 2. The van der Waals surface area contributed by atoms with Crippen molar-refractivity contribution in [3.05, 3.63) is 24.3 Å². The molecule has 154 valence electrons. The average Bonchev–Trinajstić information content (AvgIpc) is 2.71. The standard InChI is InChI=1S/C19H27N3O6/c1-3-27-19(25)22-10-8-14(9-11-22)21-17(23)12-20-18(24)13-28-16-6-4-15(26-2)5-7-16/h4-7,14H,3,8-13H2,1-2H3,(H,20,24)(H,21,23). The van der Waals surface area contributed by atoms with Crippen molar-refractivity contribution in [2.24, 2.45) is 0 Å². The van der Waals surface area contributed by atoms with E-state index in [0.717, 1.165) is 0 Å². The largest absolute Gasteiger partial charge is 0.497 e. The number of rotatable bonds is 8. The third kappa shape index (κ3) is 6.98. The van der Waals surface area contributed by atoms with E-state index in [1.807, 2.05) is 0 Å². The number of amides is 3. The lowest BCUT2D eigenvalue weighted by Gasteiger charge is -2.31. The Hall–Kier alpha value is -2.97. The van der Waals surface area contributed by atoms with Crippen LogP contribution in [0.2, 0.25) is 0 Å². The van der Waals surface area contributed by atoms with Crippen LogP contribution in [-0.4, -0.2) is 68.8 Å². The molecule has 9 nitrogen and oxygen atoms in total. The molecule has 0 aliphatic carbocycles. The van der Waals surface area contributed by atoms with Crippen LogP contribution in [0.5, 0.6) is 11.5 Å². The Bertz CT molecular complexity index is 656. The average molecular weight is 393 g/mol. The summed E-state index contributed by atoms with van der Waals surface area (Å²) < 4.78 is 15.4. The van der Waals surface area contributed by atoms with Crippen LogP contribution in [0, 0.1) is 0 Å². The fraction of sp³-hybridized carbons (Fsp3) is 0.526. The van der Waals surface area contributed by atoms with Crippen LogP contribution in [0.4, 0.5) is 4.79 Å². The van der Waals surface area contributed by atoms with Crippen molar-refractivity contribution in [1.82, 2.24) is 15.5 Å². The van der Waals surface area contributed by atoms with Crippen LogP contribution in [0.25, 0.3) is 0 Å². The van der Waals surface area contributed by atoms with E-state index in [4.69, 9.17) is 14.2 Å². The van der Waals surface area contributed by atoms with E-state index in [2.05, 4.69) is 10.6 Å². The Kier molecular flexibility index (Phi) is 8.38. The molecule has 0 bridgehead atoms. The summed E-state index contributed by atoms with van der Waals surface area (Å²) in [6.45, 7) is 2.87. The zero-order valence-corrected chi connectivity index (χ0v) is 16.2. The lowest BCUT2D eigenvalue weighted by molar-refractivity contribution is -0.127. The van der Waals surface area contributed by atoms with Gasteiger partial charge in [0.1, 0.15) is 11.5 Å². The molecule has 3 amide bonds. The quantitative estimate of drug-likeness (QED) is 0.681. The summed E-state index contributed by atoms with van der Waals surface area (Å²) in [5.41, 5.74) is 0. The molecule has 2 N–H and O–H groups in total. The van der Waals surface area contributed by atoms with E-state index in [-0.39, 0.29) is 37.1 Å². The van der Waals surface area contributed by atoms with E-state index in [1.165, 1.54) is 0 Å². The first kappa shape index (κ1) is 21.3. The summed E-state index contributed by atoms with van der Waals surface area (Å²) in [7, 11) is 1.57. The van der Waals surface area contributed by atoms with Gasteiger partial charge in [0.25, 0.3) is 5.91 Å². The van der Waals surface area contributed by atoms with E-state index in [9.17, 15) is 14.4 Å². The summed E-state index contributed by atoms with van der Waals surface area (Å²) in [5.74, 6) is 0.575. The molecule has 0 radical (unpaired) electrons. The predicted molar refractivity (Wildman–Crippen MR) is 101 cm³/mol. The van der Waals surface area contributed by atoms with Gasteiger partial charge in [-0.1, -0.05) is 0 Å². The highest BCUT2D eigenvalue weighted by Crippen LogP contribution is 2.16. The van der Waals surface area contributed by atoms with Crippen molar-refractivity contribution in [3.63, 3.8) is 0 Å². The molecule has 1 aliphatic rings. The van der Waals surface area contributed by atoms with Crippen molar-refractivity contribution in [2.45, 2.75) is 25.8 Å². The van der Waals surface area contributed by atoms with Crippen LogP contribution in [0.15, 0.2) is 24.3 Å². The number of nitrogens with zero attached hydrogens (tertiary/aromatic N) is 1. The lowest BCUT2D eigenvalue weighted by Crippen LogP contribution is -2.49. The van der Waals surface area contributed by atoms with Gasteiger partial charge in [-0.2, -0.15) is 0 Å². The zero-order chi connectivity index (χ0) is 20.4. The van der Waals surface area contributed by atoms with Crippen molar-refractivity contribution in [1.29, 1.82) is 0 Å². The molecule has 9 heteroatoms. The molecule has 0 aromatic heterocycles. The van der Waals surface area contributed by atoms with Crippen molar-refractivity contribution in [3.8, 4) is 11.5 Å². The summed E-state index contributed by atoms with van der Waals surface area (Å²) in [6, 6.07) is 6.83. The molecule has 1 fully saturated rings. The van der Waals surface area contributed by atoms with Gasteiger partial charge in [-0.25, -0.2) is 4.79 Å². The summed E-state index contributed by atoms with van der Waals surface area (Å²) >= 11 is 0. The number of carbonyl (C=O) groups excluding carboxylic acids is 3. The third-order valence-electron chi connectivity index (χ3n) is 4.26. The van der Waals surface area contributed by atoms with Gasteiger partial charge in [-0.15, -0.1) is 0 Å². The zero-order valence-electron chi connectivity index (χ0n) is 16.2. The second kappa shape index (κ2) is 11.0. The van der Waals surface area contributed by atoms with Crippen LogP contribution >= 0.6 is 0 Å². The molecule has 0 saturated carbocycles. The van der Waals surface area contributed by atoms with E-state index >= 15 is 0 Å². The third-order valence-corrected chi connectivity index (χ3v) is 4.26. The van der Waals surface area contributed by atoms with Gasteiger partial charge in [0.2, 0.25) is 5.91 Å². The molecular formula is C19H27N3O6. The second-order valence-corrected chi connectivity index (χ2v) is 6.27. The van der Waals surface area contributed by atoms with Gasteiger partial charge >= 0.3 is 6.09 Å². The first-order valence-electron chi connectivity index (χ1n) is 9.26. The Morgan fingerprint density at radius 3 is 2.32 bits per heavy atom. The van der Waals surface area contributed by atoms with Crippen molar-refractivity contribution >= 4 is 17.9 Å². The smallest absolute Gasteiger partial charge is 0.409 e. The molecule has 1 saturated heterocycles. The fourth-order valence-electron chi connectivity index (χ4n) is 2.75. The summed E-state index contributed by atoms with van der Waals surface area (Å²) in [6.07, 6.45) is 0.981. The molecule has 0 atom stereocenters. The van der Waals surface area contributed by atoms with E-state index in [1.54, 1.807) is 43.2 Å². The molecule has 0 spiro atoms. The van der Waals surface area contributed by atoms with Crippen LogP contribution in [0.1, 0.15) is 19.8 Å². The molecule has 28 heavy (non-hydrogen) atoms. The van der Waals surface area contributed by atoms with Gasteiger partial charge in [-0.05, 0) is 44.0 Å². The predicted octanol–water partition coefficient (Wildman–Crippen LogP) is 0.927. The van der Waals surface area contributed by atoms with Crippen LogP contribution in [-0.2, 0) is 14.3 Å². The van der Waals surface area contributed by atoms with Gasteiger partial charge in [0, 0.05) is 19.1 Å². The van der Waals surface area contributed by atoms with Gasteiger partial charge in [-0.3, -0.25) is 9.59 Å². The normalized spacial score (nSPS) is 14.1. The minimum absolute atomic E-state index is 0.0226. The Morgan fingerprint density at radius 1 is 1.07 bits per heavy atom. The van der Waals surface area contributed by atoms with E-state index in [0.29, 0.717) is 44.0 Å². The monoisotopic (exact) mass is 393 g/mol. The number of piperidine rings is 1. The number of ether oxygens (including phenoxy) is 3. The first-order valence-corrected chi connectivity index (χ1v) is 9.26. The number of hydrogen-bond acceptors (Lipinski definition) is 6. The number of likely N-dealkylation sites (tertiary alicyclic amines) is 1. The molecule has 1 aromatic carbocycles. The Morgan fingerprint density at radius 2 is 1.71 bits per heavy atom. The molecule has 0 unspecified atom stereocenters. The van der Waals surface area contributed by atoms with Crippen molar-refractivity contribution in [2.75, 3.05) is 40.0 Å². The molecule has 2 rings (SSSR count). The molecule has 1 aromatic rings. The van der Waals surface area contributed by atoms with Gasteiger partial charge in [0.05, 0.1) is 20.3 Å². The van der Waals surface area contributed by atoms with Gasteiger partial charge in [0.15, 0.2) is 6.61 Å². The number of methoxy groups -OCH3 is 1. The number of benzene rings is 1. The Labute approximate surface area is 164 Å². The van der Waals surface area contributed by atoms with Gasteiger partial charge < -0.3 is 29.7 Å². The topological polar surface area (TPSA) is 106 Å². The molecule has 1 heterocycles. The van der Waals surface area contributed by atoms with E-state index < -0.39 is 0 Å². The Balaban J connectivity index is 1.61. The minimum Gasteiger partial charge on any atom is -0.497 e. The SMILES string of the molecule is CCOC(=O)N1CCC(NC(=O)CNC(=O)COc2ccc(OC)cc2)CC1. The maximum absolute atomic E-state index is 12.0. The maximum atomic E-state index is 12.0. The van der Waals surface area contributed by atoms with Crippen LogP contribution < -0.4 is 20.1 Å². The second-order valence-electron chi connectivity index (χ2n) is 6.27. The summed E-state index contributed by atoms with van der Waals surface area (Å²) in [5, 5.41) is 5.39. The minimum atomic E-state index is -0.386. The first-order chi connectivity index (χ1) is 13.5. The lowest BCUT2D eigenvalue weighted by atomic mass is 10.1. The highest BCUT2D eigenvalue weighted by atomic mass is 16.6. The highest BCUT2D eigenvalue weighted by molar-refractivity contribution is 5.85. The molecule has 1 aliphatic heterocycles.